The fourth-order valence-electron chi connectivity index (χ4n) is 3.23. The standard InChI is InChI=1S/C21H25N5O2/c1-14(22)11-18(23)16-12-19(21(28)24-13-16)25-20(27)15-5-7-17(8-6-15)26-9-3-2-4-10-26/h5-8,11-13,22H,2-4,9-10,23H2,1H3,(H,24,28)(H,25,27)/b18-11-,22-14?. The molecular weight excluding hydrogens is 354 g/mol. The number of carbonyl (C=O) groups is 1. The van der Waals surface area contributed by atoms with E-state index in [4.69, 9.17) is 11.1 Å². The summed E-state index contributed by atoms with van der Waals surface area (Å²) in [6.07, 6.45) is 6.59. The van der Waals surface area contributed by atoms with Crippen molar-refractivity contribution < 1.29 is 4.79 Å². The molecule has 0 saturated carbocycles. The largest absolute Gasteiger partial charge is 0.398 e. The van der Waals surface area contributed by atoms with Gasteiger partial charge in [-0.2, -0.15) is 0 Å². The quantitative estimate of drug-likeness (QED) is 0.598. The van der Waals surface area contributed by atoms with Crippen molar-refractivity contribution in [1.29, 1.82) is 5.41 Å². The van der Waals surface area contributed by atoms with Crippen LogP contribution in [-0.2, 0) is 0 Å². The fraction of sp³-hybridized carbons (Fsp3) is 0.286. The smallest absolute Gasteiger partial charge is 0.271 e. The van der Waals surface area contributed by atoms with E-state index in [1.165, 1.54) is 37.6 Å². The summed E-state index contributed by atoms with van der Waals surface area (Å²) in [7, 11) is 0. The first-order valence-electron chi connectivity index (χ1n) is 9.36. The van der Waals surface area contributed by atoms with Crippen LogP contribution in [0.4, 0.5) is 11.4 Å². The van der Waals surface area contributed by atoms with Crippen LogP contribution in [0.2, 0.25) is 0 Å². The van der Waals surface area contributed by atoms with Gasteiger partial charge < -0.3 is 26.3 Å². The zero-order valence-corrected chi connectivity index (χ0v) is 15.9. The van der Waals surface area contributed by atoms with Crippen molar-refractivity contribution in [3.8, 4) is 0 Å². The number of nitrogens with two attached hydrogens (primary N) is 1. The van der Waals surface area contributed by atoms with Crippen LogP contribution in [0.3, 0.4) is 0 Å². The number of benzene rings is 1. The molecule has 5 N–H and O–H groups in total. The van der Waals surface area contributed by atoms with E-state index >= 15 is 0 Å². The molecule has 2 aromatic rings. The Morgan fingerprint density at radius 2 is 1.86 bits per heavy atom. The monoisotopic (exact) mass is 379 g/mol. The Labute approximate surface area is 163 Å². The third-order valence-corrected chi connectivity index (χ3v) is 4.71. The molecule has 0 bridgehead atoms. The third-order valence-electron chi connectivity index (χ3n) is 4.71. The van der Waals surface area contributed by atoms with Crippen LogP contribution in [0.15, 0.2) is 47.4 Å². The van der Waals surface area contributed by atoms with Crippen LogP contribution >= 0.6 is 0 Å². The van der Waals surface area contributed by atoms with Gasteiger partial charge in [-0.1, -0.05) is 0 Å². The number of allylic oxidation sites excluding steroid dienone is 1. The predicted octanol–water partition coefficient (Wildman–Crippen LogP) is 2.96. The summed E-state index contributed by atoms with van der Waals surface area (Å²) in [5.74, 6) is -0.362. The summed E-state index contributed by atoms with van der Waals surface area (Å²) in [4.78, 5) is 29.5. The number of piperidine rings is 1. The zero-order chi connectivity index (χ0) is 20.1. The Morgan fingerprint density at radius 3 is 2.50 bits per heavy atom. The molecule has 1 aliphatic heterocycles. The number of hydrogen-bond donors (Lipinski definition) is 4. The molecule has 3 rings (SSSR count). The number of carbonyl (C=O) groups excluding carboxylic acids is 1. The predicted molar refractivity (Wildman–Crippen MR) is 113 cm³/mol. The van der Waals surface area contributed by atoms with Crippen molar-refractivity contribution in [2.75, 3.05) is 23.3 Å². The van der Waals surface area contributed by atoms with Gasteiger partial charge in [-0.15, -0.1) is 0 Å². The molecule has 7 heteroatoms. The fourth-order valence-corrected chi connectivity index (χ4v) is 3.23. The summed E-state index contributed by atoms with van der Waals surface area (Å²) < 4.78 is 0. The van der Waals surface area contributed by atoms with E-state index in [-0.39, 0.29) is 11.6 Å². The zero-order valence-electron chi connectivity index (χ0n) is 15.9. The second-order valence-corrected chi connectivity index (χ2v) is 6.96. The highest BCUT2D eigenvalue weighted by Gasteiger charge is 2.13. The molecule has 1 aromatic heterocycles. The third kappa shape index (κ3) is 4.68. The summed E-state index contributed by atoms with van der Waals surface area (Å²) in [6.45, 7) is 3.69. The molecule has 7 nitrogen and oxygen atoms in total. The van der Waals surface area contributed by atoms with Gasteiger partial charge in [0.1, 0.15) is 5.69 Å². The first kappa shape index (κ1) is 19.4. The van der Waals surface area contributed by atoms with Crippen molar-refractivity contribution in [3.63, 3.8) is 0 Å². The van der Waals surface area contributed by atoms with E-state index in [0.29, 0.717) is 22.5 Å². The molecule has 2 heterocycles. The van der Waals surface area contributed by atoms with E-state index in [1.807, 2.05) is 12.1 Å². The molecule has 0 spiro atoms. The minimum Gasteiger partial charge on any atom is -0.398 e. The lowest BCUT2D eigenvalue weighted by atomic mass is 10.1. The van der Waals surface area contributed by atoms with Gasteiger partial charge >= 0.3 is 0 Å². The Kier molecular flexibility index (Phi) is 5.93. The van der Waals surface area contributed by atoms with E-state index in [0.717, 1.165) is 18.8 Å². The molecule has 1 saturated heterocycles. The summed E-state index contributed by atoms with van der Waals surface area (Å²) >= 11 is 0. The maximum Gasteiger partial charge on any atom is 0.271 e. The number of anilines is 2. The van der Waals surface area contributed by atoms with Gasteiger partial charge in [-0.3, -0.25) is 9.59 Å². The minimum absolute atomic E-state index is 0.113. The number of rotatable bonds is 5. The van der Waals surface area contributed by atoms with Gasteiger partial charge in [0.05, 0.1) is 0 Å². The molecule has 1 aromatic carbocycles. The number of pyridine rings is 1. The lowest BCUT2D eigenvalue weighted by molar-refractivity contribution is 0.102. The number of nitrogens with one attached hydrogen (secondary N) is 3. The Balaban J connectivity index is 1.75. The van der Waals surface area contributed by atoms with Crippen LogP contribution in [-0.4, -0.2) is 29.7 Å². The van der Waals surface area contributed by atoms with Crippen molar-refractivity contribution in [2.45, 2.75) is 26.2 Å². The molecule has 28 heavy (non-hydrogen) atoms. The first-order chi connectivity index (χ1) is 13.4. The topological polar surface area (TPSA) is 115 Å². The van der Waals surface area contributed by atoms with Crippen molar-refractivity contribution >= 4 is 28.7 Å². The number of hydrogen-bond acceptors (Lipinski definition) is 5. The summed E-state index contributed by atoms with van der Waals surface area (Å²) in [5, 5.41) is 10.1. The van der Waals surface area contributed by atoms with Gasteiger partial charge in [0, 0.05) is 47.5 Å². The number of amides is 1. The Bertz CT molecular complexity index is 954. The highest BCUT2D eigenvalue weighted by atomic mass is 16.2. The molecule has 0 radical (unpaired) electrons. The SMILES string of the molecule is CC(=N)/C=C(\N)c1c[nH]c(=O)c(NC(=O)c2ccc(N3CCCCC3)cc2)c1. The normalized spacial score (nSPS) is 14.6. The van der Waals surface area contributed by atoms with Gasteiger partial charge in [-0.25, -0.2) is 0 Å². The van der Waals surface area contributed by atoms with Gasteiger partial charge in [0.25, 0.3) is 11.5 Å². The second-order valence-electron chi connectivity index (χ2n) is 6.96. The van der Waals surface area contributed by atoms with Crippen LogP contribution in [0.25, 0.3) is 5.70 Å². The van der Waals surface area contributed by atoms with E-state index in [2.05, 4.69) is 15.2 Å². The summed E-state index contributed by atoms with van der Waals surface area (Å²) in [6, 6.07) is 8.92. The van der Waals surface area contributed by atoms with Gasteiger partial charge in [0.15, 0.2) is 0 Å². The van der Waals surface area contributed by atoms with Crippen LogP contribution < -0.4 is 21.5 Å². The van der Waals surface area contributed by atoms with Crippen LogP contribution in [0.5, 0.6) is 0 Å². The number of H-pyrrole nitrogens is 1. The highest BCUT2D eigenvalue weighted by molar-refractivity contribution is 6.04. The maximum absolute atomic E-state index is 12.6. The molecule has 1 amide bonds. The van der Waals surface area contributed by atoms with Gasteiger partial charge in [-0.05, 0) is 62.6 Å². The van der Waals surface area contributed by atoms with Crippen molar-refractivity contribution in [3.05, 3.63) is 64.1 Å². The Hall–Kier alpha value is -3.35. The average Bonchev–Trinajstić information content (AvgIpc) is 2.70. The van der Waals surface area contributed by atoms with E-state index < -0.39 is 5.56 Å². The lowest BCUT2D eigenvalue weighted by Gasteiger charge is -2.28. The minimum atomic E-state index is -0.415. The Morgan fingerprint density at radius 1 is 1.18 bits per heavy atom. The molecule has 0 atom stereocenters. The van der Waals surface area contributed by atoms with Crippen LogP contribution in [0.1, 0.15) is 42.1 Å². The van der Waals surface area contributed by atoms with Gasteiger partial charge in [0.2, 0.25) is 0 Å². The lowest BCUT2D eigenvalue weighted by Crippen LogP contribution is -2.29. The molecule has 0 aliphatic carbocycles. The maximum atomic E-state index is 12.6. The highest BCUT2D eigenvalue weighted by Crippen LogP contribution is 2.20. The molecule has 1 aliphatic rings. The van der Waals surface area contributed by atoms with E-state index in [1.54, 1.807) is 19.1 Å². The number of nitrogens with zero attached hydrogens (tertiary/aromatic N) is 1. The molecule has 1 fully saturated rings. The molecular formula is C21H25N5O2. The molecule has 146 valence electrons. The molecule has 0 unspecified atom stereocenters. The van der Waals surface area contributed by atoms with Crippen molar-refractivity contribution in [1.82, 2.24) is 4.98 Å². The number of aromatic nitrogens is 1. The second kappa shape index (κ2) is 8.56. The van der Waals surface area contributed by atoms with E-state index in [9.17, 15) is 9.59 Å². The first-order valence-corrected chi connectivity index (χ1v) is 9.36. The van der Waals surface area contributed by atoms with Crippen LogP contribution in [0, 0.1) is 5.41 Å². The average molecular weight is 379 g/mol. The van der Waals surface area contributed by atoms with Crippen molar-refractivity contribution in [2.24, 2.45) is 5.73 Å². The number of aromatic amines is 1. The summed E-state index contributed by atoms with van der Waals surface area (Å²) in [5.41, 5.74) is 8.37.